The number of carbonyl (C=O) groups is 2. The van der Waals surface area contributed by atoms with Crippen LogP contribution in [0.2, 0.25) is 0 Å². The summed E-state index contributed by atoms with van der Waals surface area (Å²) in [6.07, 6.45) is 3.06. The Kier molecular flexibility index (Phi) is 4.98. The molecule has 0 unspecified atom stereocenters. The molecule has 1 heterocycles. The SMILES string of the molecule is COC(=O)CCCOc1ccc(C=O)nc1. The van der Waals surface area contributed by atoms with Gasteiger partial charge in [0.2, 0.25) is 0 Å². The third-order valence-electron chi connectivity index (χ3n) is 1.90. The predicted molar refractivity (Wildman–Crippen MR) is 56.4 cm³/mol. The first-order valence-corrected chi connectivity index (χ1v) is 4.87. The van der Waals surface area contributed by atoms with E-state index in [1.54, 1.807) is 12.1 Å². The van der Waals surface area contributed by atoms with Gasteiger partial charge in [0.25, 0.3) is 0 Å². The van der Waals surface area contributed by atoms with E-state index in [4.69, 9.17) is 4.74 Å². The molecular formula is C11H13NO4. The Morgan fingerprint density at radius 1 is 1.50 bits per heavy atom. The Balaban J connectivity index is 2.26. The summed E-state index contributed by atoms with van der Waals surface area (Å²) in [5.74, 6) is 0.327. The molecule has 0 fully saturated rings. The standard InChI is InChI=1S/C11H13NO4/c1-15-11(14)3-2-6-16-10-5-4-9(8-13)12-7-10/h4-5,7-8H,2-3,6H2,1H3. The Morgan fingerprint density at radius 3 is 2.88 bits per heavy atom. The van der Waals surface area contributed by atoms with E-state index in [1.807, 2.05) is 0 Å². The number of nitrogens with zero attached hydrogens (tertiary/aromatic N) is 1. The van der Waals surface area contributed by atoms with E-state index in [0.717, 1.165) is 0 Å². The lowest BCUT2D eigenvalue weighted by Crippen LogP contribution is -2.04. The monoisotopic (exact) mass is 223 g/mol. The number of carbonyl (C=O) groups excluding carboxylic acids is 2. The molecule has 5 heteroatoms. The zero-order chi connectivity index (χ0) is 11.8. The minimum Gasteiger partial charge on any atom is -0.492 e. The van der Waals surface area contributed by atoms with E-state index >= 15 is 0 Å². The average molecular weight is 223 g/mol. The molecule has 16 heavy (non-hydrogen) atoms. The number of rotatable bonds is 6. The quantitative estimate of drug-likeness (QED) is 0.412. The normalized spacial score (nSPS) is 9.56. The molecule has 0 aliphatic rings. The van der Waals surface area contributed by atoms with Gasteiger partial charge in [-0.25, -0.2) is 4.98 Å². The predicted octanol–water partition coefficient (Wildman–Crippen LogP) is 1.23. The van der Waals surface area contributed by atoms with Crippen molar-refractivity contribution >= 4 is 12.3 Å². The van der Waals surface area contributed by atoms with Crippen LogP contribution in [0.15, 0.2) is 18.3 Å². The van der Waals surface area contributed by atoms with E-state index in [0.29, 0.717) is 37.2 Å². The highest BCUT2D eigenvalue weighted by atomic mass is 16.5. The molecule has 0 saturated heterocycles. The Labute approximate surface area is 93.4 Å². The molecular weight excluding hydrogens is 210 g/mol. The molecule has 0 N–H and O–H groups in total. The second-order valence-electron chi connectivity index (χ2n) is 3.06. The summed E-state index contributed by atoms with van der Waals surface area (Å²) in [5.41, 5.74) is 0.363. The van der Waals surface area contributed by atoms with E-state index in [2.05, 4.69) is 9.72 Å². The molecule has 1 aromatic rings. The summed E-state index contributed by atoms with van der Waals surface area (Å²) in [5, 5.41) is 0. The maximum absolute atomic E-state index is 10.8. The molecule has 0 radical (unpaired) electrons. The lowest BCUT2D eigenvalue weighted by atomic mass is 10.3. The highest BCUT2D eigenvalue weighted by molar-refractivity contribution is 5.71. The molecule has 0 amide bonds. The molecule has 0 saturated carbocycles. The van der Waals surface area contributed by atoms with Gasteiger partial charge < -0.3 is 9.47 Å². The molecule has 1 rings (SSSR count). The van der Waals surface area contributed by atoms with Gasteiger partial charge >= 0.3 is 5.97 Å². The van der Waals surface area contributed by atoms with Crippen LogP contribution in [0.3, 0.4) is 0 Å². The first-order chi connectivity index (χ1) is 7.76. The minimum absolute atomic E-state index is 0.252. The van der Waals surface area contributed by atoms with Crippen LogP contribution >= 0.6 is 0 Å². The summed E-state index contributed by atoms with van der Waals surface area (Å²) in [7, 11) is 1.35. The first-order valence-electron chi connectivity index (χ1n) is 4.87. The van der Waals surface area contributed by atoms with Gasteiger partial charge in [0.1, 0.15) is 11.4 Å². The van der Waals surface area contributed by atoms with Crippen LogP contribution in [0.4, 0.5) is 0 Å². The minimum atomic E-state index is -0.252. The Hall–Kier alpha value is -1.91. The number of hydrogen-bond donors (Lipinski definition) is 0. The molecule has 5 nitrogen and oxygen atoms in total. The summed E-state index contributed by atoms with van der Waals surface area (Å²) in [6, 6.07) is 3.23. The number of methoxy groups -OCH3 is 1. The van der Waals surface area contributed by atoms with Crippen molar-refractivity contribution in [2.75, 3.05) is 13.7 Å². The smallest absolute Gasteiger partial charge is 0.305 e. The number of aromatic nitrogens is 1. The van der Waals surface area contributed by atoms with Crippen LogP contribution in [0, 0.1) is 0 Å². The number of aldehydes is 1. The van der Waals surface area contributed by atoms with Crippen molar-refractivity contribution in [1.29, 1.82) is 0 Å². The van der Waals surface area contributed by atoms with E-state index in [1.165, 1.54) is 13.3 Å². The van der Waals surface area contributed by atoms with E-state index < -0.39 is 0 Å². The topological polar surface area (TPSA) is 65.5 Å². The van der Waals surface area contributed by atoms with Crippen molar-refractivity contribution in [2.24, 2.45) is 0 Å². The molecule has 0 bridgehead atoms. The zero-order valence-electron chi connectivity index (χ0n) is 9.01. The van der Waals surface area contributed by atoms with Crippen LogP contribution in [0.5, 0.6) is 5.75 Å². The maximum Gasteiger partial charge on any atom is 0.305 e. The third kappa shape index (κ3) is 4.08. The van der Waals surface area contributed by atoms with Crippen molar-refractivity contribution in [2.45, 2.75) is 12.8 Å². The largest absolute Gasteiger partial charge is 0.492 e. The van der Waals surface area contributed by atoms with Gasteiger partial charge in [0.05, 0.1) is 19.9 Å². The summed E-state index contributed by atoms with van der Waals surface area (Å²) >= 11 is 0. The highest BCUT2D eigenvalue weighted by Crippen LogP contribution is 2.08. The van der Waals surface area contributed by atoms with Crippen molar-refractivity contribution < 1.29 is 19.1 Å². The van der Waals surface area contributed by atoms with Gasteiger partial charge in [-0.15, -0.1) is 0 Å². The average Bonchev–Trinajstić information content (AvgIpc) is 2.35. The van der Waals surface area contributed by atoms with Crippen LogP contribution in [-0.4, -0.2) is 31.0 Å². The Bertz CT molecular complexity index is 348. The molecule has 0 atom stereocenters. The first kappa shape index (κ1) is 12.2. The molecule has 0 aromatic carbocycles. The zero-order valence-corrected chi connectivity index (χ0v) is 9.01. The number of ether oxygens (including phenoxy) is 2. The summed E-state index contributed by atoms with van der Waals surface area (Å²) < 4.78 is 9.80. The number of hydrogen-bond acceptors (Lipinski definition) is 5. The van der Waals surface area contributed by atoms with E-state index in [9.17, 15) is 9.59 Å². The van der Waals surface area contributed by atoms with Gasteiger partial charge in [-0.1, -0.05) is 0 Å². The molecule has 0 spiro atoms. The lowest BCUT2D eigenvalue weighted by molar-refractivity contribution is -0.140. The number of pyridine rings is 1. The van der Waals surface area contributed by atoms with Crippen molar-refractivity contribution in [3.8, 4) is 5.75 Å². The van der Waals surface area contributed by atoms with Crippen LogP contribution in [0.25, 0.3) is 0 Å². The molecule has 86 valence electrons. The van der Waals surface area contributed by atoms with Crippen molar-refractivity contribution in [1.82, 2.24) is 4.98 Å². The highest BCUT2D eigenvalue weighted by Gasteiger charge is 2.00. The van der Waals surface area contributed by atoms with Gasteiger partial charge in [-0.2, -0.15) is 0 Å². The second kappa shape index (κ2) is 6.55. The van der Waals surface area contributed by atoms with Gasteiger partial charge in [-0.05, 0) is 18.6 Å². The molecule has 1 aromatic heterocycles. The van der Waals surface area contributed by atoms with E-state index in [-0.39, 0.29) is 5.97 Å². The molecule has 0 aliphatic carbocycles. The fourth-order valence-corrected chi connectivity index (χ4v) is 1.06. The molecule has 0 aliphatic heterocycles. The van der Waals surface area contributed by atoms with Crippen molar-refractivity contribution in [3.05, 3.63) is 24.0 Å². The van der Waals surface area contributed by atoms with Gasteiger partial charge in [-0.3, -0.25) is 9.59 Å². The van der Waals surface area contributed by atoms with Gasteiger partial charge in [0.15, 0.2) is 6.29 Å². The third-order valence-corrected chi connectivity index (χ3v) is 1.90. The van der Waals surface area contributed by atoms with Crippen LogP contribution < -0.4 is 4.74 Å². The summed E-state index contributed by atoms with van der Waals surface area (Å²) in [6.45, 7) is 0.414. The fourth-order valence-electron chi connectivity index (χ4n) is 1.06. The second-order valence-corrected chi connectivity index (χ2v) is 3.06. The maximum atomic E-state index is 10.8. The van der Waals surface area contributed by atoms with Crippen molar-refractivity contribution in [3.63, 3.8) is 0 Å². The Morgan fingerprint density at radius 2 is 2.31 bits per heavy atom. The fraction of sp³-hybridized carbons (Fsp3) is 0.364. The number of esters is 1. The van der Waals surface area contributed by atoms with Crippen LogP contribution in [0.1, 0.15) is 23.3 Å². The summed E-state index contributed by atoms with van der Waals surface area (Å²) in [4.78, 5) is 25.0. The lowest BCUT2D eigenvalue weighted by Gasteiger charge is -2.04. The van der Waals surface area contributed by atoms with Crippen LogP contribution in [-0.2, 0) is 9.53 Å². The van der Waals surface area contributed by atoms with Gasteiger partial charge in [0, 0.05) is 6.42 Å².